The molecule has 2 aromatic rings. The normalized spacial score (nSPS) is 10.2. The molecule has 20 heavy (non-hydrogen) atoms. The highest BCUT2D eigenvalue weighted by Crippen LogP contribution is 2.29. The molecule has 0 unspecified atom stereocenters. The summed E-state index contributed by atoms with van der Waals surface area (Å²) >= 11 is 8.81. The number of halogens is 2. The average molecular weight is 356 g/mol. The lowest BCUT2D eigenvalue weighted by Crippen LogP contribution is -1.99. The lowest BCUT2D eigenvalue weighted by molar-refractivity contribution is 0.108. The first-order valence-corrected chi connectivity index (χ1v) is 7.02. The molecule has 0 heterocycles. The van der Waals surface area contributed by atoms with Gasteiger partial charge in [-0.3, -0.25) is 4.79 Å². The van der Waals surface area contributed by atoms with E-state index in [0.29, 0.717) is 23.7 Å². The summed E-state index contributed by atoms with van der Waals surface area (Å²) in [6.45, 7) is 0.414. The van der Waals surface area contributed by atoms with Gasteiger partial charge in [-0.05, 0) is 47.5 Å². The van der Waals surface area contributed by atoms with Gasteiger partial charge in [0.05, 0.1) is 7.11 Å². The zero-order valence-electron chi connectivity index (χ0n) is 10.7. The molecule has 0 aliphatic rings. The van der Waals surface area contributed by atoms with Crippen LogP contribution in [0, 0.1) is 0 Å². The number of carbonyl (C=O) groups is 1. The molecule has 0 spiro atoms. The summed E-state index contributed by atoms with van der Waals surface area (Å²) in [6, 6.07) is 12.7. The Morgan fingerprint density at radius 3 is 2.45 bits per heavy atom. The van der Waals surface area contributed by atoms with E-state index in [1.165, 1.54) is 7.11 Å². The Morgan fingerprint density at radius 1 is 1.15 bits per heavy atom. The van der Waals surface area contributed by atoms with Crippen LogP contribution in [0.25, 0.3) is 0 Å². The van der Waals surface area contributed by atoms with Crippen LogP contribution in [0.5, 0.6) is 11.5 Å². The van der Waals surface area contributed by atoms with Gasteiger partial charge < -0.3 is 9.47 Å². The monoisotopic (exact) mass is 354 g/mol. The van der Waals surface area contributed by atoms with Crippen LogP contribution < -0.4 is 9.47 Å². The fraction of sp³-hybridized carbons (Fsp3) is 0.133. The molecule has 104 valence electrons. The number of hydrogen-bond donors (Lipinski definition) is 0. The molecule has 0 radical (unpaired) electrons. The molecule has 2 aromatic carbocycles. The van der Waals surface area contributed by atoms with Crippen molar-refractivity contribution in [3.05, 3.63) is 58.1 Å². The van der Waals surface area contributed by atoms with Crippen molar-refractivity contribution in [3.8, 4) is 11.5 Å². The van der Waals surface area contributed by atoms with Crippen LogP contribution in [0.2, 0.25) is 0 Å². The number of methoxy groups -OCH3 is 1. The zero-order chi connectivity index (χ0) is 14.5. The summed E-state index contributed by atoms with van der Waals surface area (Å²) in [7, 11) is 1.52. The van der Waals surface area contributed by atoms with Crippen LogP contribution in [0.1, 0.15) is 15.9 Å². The summed E-state index contributed by atoms with van der Waals surface area (Å²) in [5.41, 5.74) is 1.41. The molecule has 0 aromatic heterocycles. The van der Waals surface area contributed by atoms with E-state index in [1.54, 1.807) is 18.2 Å². The highest BCUT2D eigenvalue weighted by Gasteiger charge is 2.09. The van der Waals surface area contributed by atoms with Crippen molar-refractivity contribution in [2.75, 3.05) is 7.11 Å². The van der Waals surface area contributed by atoms with E-state index in [9.17, 15) is 4.79 Å². The maximum Gasteiger partial charge on any atom is 0.252 e. The lowest BCUT2D eigenvalue weighted by atomic mass is 10.2. The first-order valence-electron chi connectivity index (χ1n) is 5.85. The van der Waals surface area contributed by atoms with Gasteiger partial charge in [0.25, 0.3) is 5.24 Å². The Balaban J connectivity index is 2.12. The van der Waals surface area contributed by atoms with Crippen molar-refractivity contribution < 1.29 is 14.3 Å². The standard InChI is InChI=1S/C15H12BrClO3/c1-19-14-8-11(15(17)18)4-7-13(14)20-9-10-2-5-12(16)6-3-10/h2-8H,9H2,1H3. The molecule has 5 heteroatoms. The third-order valence-electron chi connectivity index (χ3n) is 2.70. The fourth-order valence-electron chi connectivity index (χ4n) is 1.65. The molecule has 0 bridgehead atoms. The van der Waals surface area contributed by atoms with Gasteiger partial charge in [-0.15, -0.1) is 0 Å². The minimum Gasteiger partial charge on any atom is -0.493 e. The smallest absolute Gasteiger partial charge is 0.252 e. The summed E-state index contributed by atoms with van der Waals surface area (Å²) < 4.78 is 11.9. The number of carbonyl (C=O) groups excluding carboxylic acids is 1. The SMILES string of the molecule is COc1cc(C(=O)Cl)ccc1OCc1ccc(Br)cc1. The summed E-state index contributed by atoms with van der Waals surface area (Å²) in [5, 5.41) is -0.525. The largest absolute Gasteiger partial charge is 0.493 e. The predicted molar refractivity (Wildman–Crippen MR) is 81.7 cm³/mol. The van der Waals surface area contributed by atoms with Crippen molar-refractivity contribution >= 4 is 32.8 Å². The fourth-order valence-corrected chi connectivity index (χ4v) is 2.03. The van der Waals surface area contributed by atoms with Gasteiger partial charge in [0.2, 0.25) is 0 Å². The summed E-state index contributed by atoms with van der Waals surface area (Å²) in [5.74, 6) is 1.05. The van der Waals surface area contributed by atoms with E-state index < -0.39 is 5.24 Å². The predicted octanol–water partition coefficient (Wildman–Crippen LogP) is 4.42. The highest BCUT2D eigenvalue weighted by molar-refractivity contribution is 9.10. The van der Waals surface area contributed by atoms with Gasteiger partial charge in [0, 0.05) is 10.0 Å². The molecular weight excluding hydrogens is 344 g/mol. The molecule has 0 amide bonds. The zero-order valence-corrected chi connectivity index (χ0v) is 13.1. The molecule has 0 atom stereocenters. The van der Waals surface area contributed by atoms with Crippen molar-refractivity contribution in [2.24, 2.45) is 0 Å². The van der Waals surface area contributed by atoms with Crippen LogP contribution in [-0.2, 0) is 6.61 Å². The molecule has 0 fully saturated rings. The number of rotatable bonds is 5. The summed E-state index contributed by atoms with van der Waals surface area (Å²) in [4.78, 5) is 11.1. The van der Waals surface area contributed by atoms with Gasteiger partial charge in [-0.2, -0.15) is 0 Å². The first-order chi connectivity index (χ1) is 9.60. The minimum atomic E-state index is -0.525. The van der Waals surface area contributed by atoms with Crippen LogP contribution in [0.4, 0.5) is 0 Å². The summed E-state index contributed by atoms with van der Waals surface area (Å²) in [6.07, 6.45) is 0. The van der Waals surface area contributed by atoms with Crippen LogP contribution in [-0.4, -0.2) is 12.4 Å². The Hall–Kier alpha value is -1.52. The molecule has 0 aliphatic heterocycles. The van der Waals surface area contributed by atoms with E-state index >= 15 is 0 Å². The number of hydrogen-bond acceptors (Lipinski definition) is 3. The molecular formula is C15H12BrClO3. The van der Waals surface area contributed by atoms with E-state index in [4.69, 9.17) is 21.1 Å². The second-order valence-corrected chi connectivity index (χ2v) is 5.31. The van der Waals surface area contributed by atoms with E-state index in [0.717, 1.165) is 10.0 Å². The maximum absolute atomic E-state index is 11.1. The molecule has 3 nitrogen and oxygen atoms in total. The molecule has 2 rings (SSSR count). The van der Waals surface area contributed by atoms with Crippen LogP contribution >= 0.6 is 27.5 Å². The Labute approximate surface area is 130 Å². The van der Waals surface area contributed by atoms with Gasteiger partial charge in [-0.25, -0.2) is 0 Å². The Kier molecular flexibility index (Phi) is 5.04. The van der Waals surface area contributed by atoms with Gasteiger partial charge in [0.15, 0.2) is 11.5 Å². The van der Waals surface area contributed by atoms with Gasteiger partial charge in [-0.1, -0.05) is 28.1 Å². The van der Waals surface area contributed by atoms with E-state index in [1.807, 2.05) is 24.3 Å². The van der Waals surface area contributed by atoms with E-state index in [2.05, 4.69) is 15.9 Å². The van der Waals surface area contributed by atoms with Crippen molar-refractivity contribution in [1.82, 2.24) is 0 Å². The Bertz CT molecular complexity index is 611. The topological polar surface area (TPSA) is 35.5 Å². The average Bonchev–Trinajstić information content (AvgIpc) is 2.46. The number of benzene rings is 2. The molecule has 0 saturated carbocycles. The van der Waals surface area contributed by atoms with E-state index in [-0.39, 0.29) is 0 Å². The maximum atomic E-state index is 11.1. The molecule has 0 saturated heterocycles. The second kappa shape index (κ2) is 6.77. The van der Waals surface area contributed by atoms with Crippen molar-refractivity contribution in [1.29, 1.82) is 0 Å². The third-order valence-corrected chi connectivity index (χ3v) is 3.45. The minimum absolute atomic E-state index is 0.375. The number of ether oxygens (including phenoxy) is 2. The third kappa shape index (κ3) is 3.74. The highest BCUT2D eigenvalue weighted by atomic mass is 79.9. The van der Waals surface area contributed by atoms with Crippen LogP contribution in [0.3, 0.4) is 0 Å². The Morgan fingerprint density at radius 2 is 1.85 bits per heavy atom. The van der Waals surface area contributed by atoms with Gasteiger partial charge >= 0.3 is 0 Å². The quantitative estimate of drug-likeness (QED) is 0.745. The molecule has 0 N–H and O–H groups in total. The second-order valence-electron chi connectivity index (χ2n) is 4.05. The van der Waals surface area contributed by atoms with Crippen molar-refractivity contribution in [3.63, 3.8) is 0 Å². The van der Waals surface area contributed by atoms with Crippen molar-refractivity contribution in [2.45, 2.75) is 6.61 Å². The van der Waals surface area contributed by atoms with Crippen LogP contribution in [0.15, 0.2) is 46.9 Å². The lowest BCUT2D eigenvalue weighted by Gasteiger charge is -2.11. The molecule has 0 aliphatic carbocycles. The first kappa shape index (κ1) is 14.9. The van der Waals surface area contributed by atoms with Gasteiger partial charge in [0.1, 0.15) is 6.61 Å².